The van der Waals surface area contributed by atoms with Crippen LogP contribution in [0.15, 0.2) is 41.8 Å². The van der Waals surface area contributed by atoms with Crippen LogP contribution in [0.1, 0.15) is 0 Å². The molecule has 2 rings (SSSR count). The molecule has 8 heteroatoms. The number of aromatic nitrogens is 2. The Labute approximate surface area is 117 Å². The summed E-state index contributed by atoms with van der Waals surface area (Å²) >= 11 is 0. The zero-order valence-electron chi connectivity index (χ0n) is 11.0. The molecular formula is C12H16N4O3S. The van der Waals surface area contributed by atoms with Crippen LogP contribution in [0.2, 0.25) is 0 Å². The first-order valence-corrected chi connectivity index (χ1v) is 7.42. The molecule has 0 aliphatic rings. The monoisotopic (exact) mass is 296 g/mol. The highest BCUT2D eigenvalue weighted by molar-refractivity contribution is 7.89. The number of hydrogen-bond acceptors (Lipinski definition) is 5. The highest BCUT2D eigenvalue weighted by atomic mass is 32.2. The van der Waals surface area contributed by atoms with Crippen molar-refractivity contribution in [2.45, 2.75) is 5.03 Å². The Balaban J connectivity index is 1.84. The molecule has 7 nitrogen and oxygen atoms in total. The number of benzene rings is 1. The molecular weight excluding hydrogens is 280 g/mol. The number of rotatable bonds is 6. The summed E-state index contributed by atoms with van der Waals surface area (Å²) in [4.78, 5) is 3.79. The van der Waals surface area contributed by atoms with Crippen LogP contribution < -0.4 is 15.2 Å². The number of aryl methyl sites for hydroxylation is 1. The van der Waals surface area contributed by atoms with Crippen molar-refractivity contribution in [1.82, 2.24) is 14.3 Å². The van der Waals surface area contributed by atoms with Crippen molar-refractivity contribution < 1.29 is 13.2 Å². The average Bonchev–Trinajstić information content (AvgIpc) is 2.82. The molecule has 0 bridgehead atoms. The smallest absolute Gasteiger partial charge is 0.259 e. The molecule has 0 radical (unpaired) electrons. The summed E-state index contributed by atoms with van der Waals surface area (Å²) in [5, 5.41) is -0.0102. The molecule has 0 aliphatic carbocycles. The van der Waals surface area contributed by atoms with E-state index in [0.29, 0.717) is 11.4 Å². The van der Waals surface area contributed by atoms with Gasteiger partial charge in [0.05, 0.1) is 6.33 Å². The quantitative estimate of drug-likeness (QED) is 0.592. The summed E-state index contributed by atoms with van der Waals surface area (Å²) in [6.07, 6.45) is 2.86. The SMILES string of the molecule is Cn1cnc(S(=O)(=O)NCCOc2cccc(N)c2)c1. The Morgan fingerprint density at radius 2 is 2.25 bits per heavy atom. The van der Waals surface area contributed by atoms with Gasteiger partial charge < -0.3 is 15.0 Å². The van der Waals surface area contributed by atoms with Gasteiger partial charge in [0.15, 0.2) is 5.03 Å². The summed E-state index contributed by atoms with van der Waals surface area (Å²) in [5.41, 5.74) is 6.20. The maximum Gasteiger partial charge on any atom is 0.259 e. The fraction of sp³-hybridized carbons (Fsp3) is 0.250. The van der Waals surface area contributed by atoms with Gasteiger partial charge in [-0.05, 0) is 12.1 Å². The first kappa shape index (κ1) is 14.4. The van der Waals surface area contributed by atoms with Gasteiger partial charge in [0, 0.05) is 31.5 Å². The van der Waals surface area contributed by atoms with Crippen LogP contribution in [0.25, 0.3) is 0 Å². The first-order valence-electron chi connectivity index (χ1n) is 5.93. The topological polar surface area (TPSA) is 99.2 Å². The van der Waals surface area contributed by atoms with E-state index in [0.717, 1.165) is 0 Å². The lowest BCUT2D eigenvalue weighted by molar-refractivity contribution is 0.323. The minimum Gasteiger partial charge on any atom is -0.492 e. The van der Waals surface area contributed by atoms with Gasteiger partial charge in [-0.15, -0.1) is 0 Å². The second-order valence-electron chi connectivity index (χ2n) is 4.20. The number of ether oxygens (including phenoxy) is 1. The molecule has 1 aromatic heterocycles. The van der Waals surface area contributed by atoms with E-state index in [-0.39, 0.29) is 18.2 Å². The third kappa shape index (κ3) is 3.72. The van der Waals surface area contributed by atoms with Crippen LogP contribution in [-0.4, -0.2) is 31.1 Å². The Morgan fingerprint density at radius 1 is 1.45 bits per heavy atom. The van der Waals surface area contributed by atoms with Crippen molar-refractivity contribution in [3.8, 4) is 5.75 Å². The van der Waals surface area contributed by atoms with Crippen molar-refractivity contribution in [3.63, 3.8) is 0 Å². The van der Waals surface area contributed by atoms with Crippen LogP contribution >= 0.6 is 0 Å². The molecule has 0 saturated heterocycles. The van der Waals surface area contributed by atoms with E-state index in [4.69, 9.17) is 10.5 Å². The van der Waals surface area contributed by atoms with Gasteiger partial charge in [0.25, 0.3) is 10.0 Å². The third-order valence-corrected chi connectivity index (χ3v) is 3.82. The number of nitrogens with zero attached hydrogens (tertiary/aromatic N) is 2. The lowest BCUT2D eigenvalue weighted by Crippen LogP contribution is -2.28. The van der Waals surface area contributed by atoms with Crippen LogP contribution in [0.5, 0.6) is 5.75 Å². The van der Waals surface area contributed by atoms with Crippen LogP contribution in [0, 0.1) is 0 Å². The van der Waals surface area contributed by atoms with E-state index in [1.807, 2.05) is 0 Å². The van der Waals surface area contributed by atoms with Crippen molar-refractivity contribution >= 4 is 15.7 Å². The van der Waals surface area contributed by atoms with E-state index in [2.05, 4.69) is 9.71 Å². The second-order valence-corrected chi connectivity index (χ2v) is 5.91. The maximum absolute atomic E-state index is 11.8. The minimum absolute atomic E-state index is 0.0102. The molecule has 0 spiro atoms. The van der Waals surface area contributed by atoms with Gasteiger partial charge >= 0.3 is 0 Å². The molecule has 0 saturated carbocycles. The number of anilines is 1. The van der Waals surface area contributed by atoms with Gasteiger partial charge in [0.1, 0.15) is 12.4 Å². The van der Waals surface area contributed by atoms with Crippen LogP contribution in [0.4, 0.5) is 5.69 Å². The Bertz CT molecular complexity index is 682. The van der Waals surface area contributed by atoms with Gasteiger partial charge in [-0.3, -0.25) is 0 Å². The van der Waals surface area contributed by atoms with Crippen molar-refractivity contribution in [2.24, 2.45) is 7.05 Å². The molecule has 1 heterocycles. The second kappa shape index (κ2) is 5.93. The fourth-order valence-electron chi connectivity index (χ4n) is 1.55. The van der Waals surface area contributed by atoms with E-state index < -0.39 is 10.0 Å². The number of imidazole rings is 1. The molecule has 108 valence electrons. The fourth-order valence-corrected chi connectivity index (χ4v) is 2.54. The van der Waals surface area contributed by atoms with E-state index >= 15 is 0 Å². The summed E-state index contributed by atoms with van der Waals surface area (Å²) in [6, 6.07) is 6.94. The molecule has 20 heavy (non-hydrogen) atoms. The predicted octanol–water partition coefficient (Wildman–Crippen LogP) is 0.360. The Hall–Kier alpha value is -2.06. The summed E-state index contributed by atoms with van der Waals surface area (Å²) in [6.45, 7) is 0.350. The van der Waals surface area contributed by atoms with Crippen LogP contribution in [-0.2, 0) is 17.1 Å². The lowest BCUT2D eigenvalue weighted by atomic mass is 10.3. The largest absolute Gasteiger partial charge is 0.492 e. The van der Waals surface area contributed by atoms with Crippen LogP contribution in [0.3, 0.4) is 0 Å². The molecule has 0 fully saturated rings. The van der Waals surface area contributed by atoms with Crippen molar-refractivity contribution in [1.29, 1.82) is 0 Å². The summed E-state index contributed by atoms with van der Waals surface area (Å²) < 4.78 is 33.1. The zero-order chi connectivity index (χ0) is 14.6. The molecule has 0 amide bonds. The molecule has 3 N–H and O–H groups in total. The molecule has 0 aliphatic heterocycles. The zero-order valence-corrected chi connectivity index (χ0v) is 11.8. The Morgan fingerprint density at radius 3 is 2.90 bits per heavy atom. The summed E-state index contributed by atoms with van der Waals surface area (Å²) in [5.74, 6) is 0.599. The lowest BCUT2D eigenvalue weighted by Gasteiger charge is -2.07. The van der Waals surface area contributed by atoms with Crippen molar-refractivity contribution in [3.05, 3.63) is 36.8 Å². The summed E-state index contributed by atoms with van der Waals surface area (Å²) in [7, 11) is -1.89. The number of nitrogens with one attached hydrogen (secondary N) is 1. The predicted molar refractivity (Wildman–Crippen MR) is 74.7 cm³/mol. The number of nitrogen functional groups attached to an aromatic ring is 1. The highest BCUT2D eigenvalue weighted by Crippen LogP contribution is 2.14. The first-order chi connectivity index (χ1) is 9.47. The normalized spacial score (nSPS) is 11.4. The van der Waals surface area contributed by atoms with E-state index in [1.54, 1.807) is 35.9 Å². The molecule has 1 aromatic carbocycles. The van der Waals surface area contributed by atoms with Gasteiger partial charge in [0.2, 0.25) is 0 Å². The standard InChI is InChI=1S/C12H16N4O3S/c1-16-8-12(14-9-16)20(17,18)15-5-6-19-11-4-2-3-10(13)7-11/h2-4,7-9,15H,5-6,13H2,1H3. The molecule has 0 unspecified atom stereocenters. The average molecular weight is 296 g/mol. The highest BCUT2D eigenvalue weighted by Gasteiger charge is 2.15. The number of hydrogen-bond donors (Lipinski definition) is 2. The van der Waals surface area contributed by atoms with Crippen molar-refractivity contribution in [2.75, 3.05) is 18.9 Å². The maximum atomic E-state index is 11.8. The molecule has 0 atom stereocenters. The van der Waals surface area contributed by atoms with E-state index in [1.165, 1.54) is 12.5 Å². The van der Waals surface area contributed by atoms with E-state index in [9.17, 15) is 8.42 Å². The van der Waals surface area contributed by atoms with Gasteiger partial charge in [-0.2, -0.15) is 0 Å². The number of nitrogens with two attached hydrogens (primary N) is 1. The van der Waals surface area contributed by atoms with Gasteiger partial charge in [-0.25, -0.2) is 18.1 Å². The van der Waals surface area contributed by atoms with Gasteiger partial charge in [-0.1, -0.05) is 6.07 Å². The molecule has 2 aromatic rings. The number of sulfonamides is 1. The third-order valence-electron chi connectivity index (χ3n) is 2.48. The minimum atomic E-state index is -3.59. The Kier molecular flexibility index (Phi) is 4.26.